The monoisotopic (exact) mass is 387 g/mol. The molecule has 1 fully saturated rings. The number of nitriles is 1. The van der Waals surface area contributed by atoms with Gasteiger partial charge in [0.15, 0.2) is 0 Å². The summed E-state index contributed by atoms with van der Waals surface area (Å²) in [6.07, 6.45) is 7.40. The van der Waals surface area contributed by atoms with E-state index in [4.69, 9.17) is 10.00 Å². The van der Waals surface area contributed by atoms with E-state index in [1.165, 1.54) is 51.0 Å². The Morgan fingerprint density at radius 2 is 1.88 bits per heavy atom. The van der Waals surface area contributed by atoms with Crippen molar-refractivity contribution in [2.24, 2.45) is 0 Å². The summed E-state index contributed by atoms with van der Waals surface area (Å²) in [7, 11) is -2.27. The van der Waals surface area contributed by atoms with Crippen molar-refractivity contribution in [3.63, 3.8) is 0 Å². The molecule has 6 nitrogen and oxygen atoms in total. The van der Waals surface area contributed by atoms with E-state index in [0.717, 1.165) is 12.8 Å². The highest BCUT2D eigenvalue weighted by atomic mass is 35.5. The van der Waals surface area contributed by atoms with E-state index in [2.05, 4.69) is 10.0 Å². The molecule has 1 aliphatic carbocycles. The van der Waals surface area contributed by atoms with Gasteiger partial charge in [0.25, 0.3) is 0 Å². The molecule has 0 radical (unpaired) electrons. The molecule has 2 rings (SSSR count). The fourth-order valence-corrected chi connectivity index (χ4v) is 4.16. The first-order chi connectivity index (χ1) is 11.6. The van der Waals surface area contributed by atoms with Crippen LogP contribution in [0, 0.1) is 11.3 Å². The lowest BCUT2D eigenvalue weighted by atomic mass is 10.1. The second-order valence-electron chi connectivity index (χ2n) is 6.02. The third-order valence-corrected chi connectivity index (χ3v) is 5.79. The van der Waals surface area contributed by atoms with E-state index >= 15 is 0 Å². The summed E-state index contributed by atoms with van der Waals surface area (Å²) in [4.78, 5) is 0.0541. The second-order valence-corrected chi connectivity index (χ2v) is 7.75. The summed E-state index contributed by atoms with van der Waals surface area (Å²) >= 11 is 0. The van der Waals surface area contributed by atoms with E-state index in [1.807, 2.05) is 6.07 Å². The molecule has 0 bridgehead atoms. The first-order valence-corrected chi connectivity index (χ1v) is 9.86. The Morgan fingerprint density at radius 1 is 1.20 bits per heavy atom. The van der Waals surface area contributed by atoms with Gasteiger partial charge in [-0.15, -0.1) is 12.4 Å². The first-order valence-electron chi connectivity index (χ1n) is 8.38. The highest BCUT2D eigenvalue weighted by Crippen LogP contribution is 2.24. The van der Waals surface area contributed by atoms with E-state index in [1.54, 1.807) is 0 Å². The summed E-state index contributed by atoms with van der Waals surface area (Å²) in [6, 6.07) is 6.76. The molecule has 140 valence electrons. The average Bonchev–Trinajstić information content (AvgIpc) is 2.87. The number of ether oxygens (including phenoxy) is 1. The van der Waals surface area contributed by atoms with Gasteiger partial charge in [0, 0.05) is 19.1 Å². The van der Waals surface area contributed by atoms with Gasteiger partial charge in [-0.2, -0.15) is 5.26 Å². The summed E-state index contributed by atoms with van der Waals surface area (Å²) in [6.45, 7) is 0.921. The third-order valence-electron chi connectivity index (χ3n) is 4.29. The maximum Gasteiger partial charge on any atom is 0.244 e. The molecule has 25 heavy (non-hydrogen) atoms. The smallest absolute Gasteiger partial charge is 0.244 e. The summed E-state index contributed by atoms with van der Waals surface area (Å²) < 4.78 is 32.5. The number of methoxy groups -OCH3 is 1. The number of hydrogen-bond donors (Lipinski definition) is 2. The lowest BCUT2D eigenvalue weighted by molar-refractivity contribution is 0.402. The van der Waals surface area contributed by atoms with Crippen LogP contribution in [0.25, 0.3) is 0 Å². The van der Waals surface area contributed by atoms with Crippen molar-refractivity contribution in [3.05, 3.63) is 23.8 Å². The van der Waals surface area contributed by atoms with Crippen molar-refractivity contribution in [1.29, 1.82) is 5.26 Å². The van der Waals surface area contributed by atoms with E-state index in [-0.39, 0.29) is 23.1 Å². The Bertz CT molecular complexity index is 681. The van der Waals surface area contributed by atoms with Gasteiger partial charge in [0.2, 0.25) is 10.0 Å². The van der Waals surface area contributed by atoms with E-state index < -0.39 is 10.0 Å². The molecule has 0 atom stereocenters. The van der Waals surface area contributed by atoms with Crippen LogP contribution in [-0.2, 0) is 10.0 Å². The molecule has 0 aromatic heterocycles. The quantitative estimate of drug-likeness (QED) is 0.554. The molecule has 0 saturated heterocycles. The van der Waals surface area contributed by atoms with Gasteiger partial charge in [-0.25, -0.2) is 13.1 Å². The Kier molecular flexibility index (Phi) is 9.22. The van der Waals surface area contributed by atoms with Crippen molar-refractivity contribution in [2.75, 3.05) is 20.2 Å². The van der Waals surface area contributed by atoms with Crippen molar-refractivity contribution in [1.82, 2.24) is 10.0 Å². The Morgan fingerprint density at radius 3 is 2.48 bits per heavy atom. The van der Waals surface area contributed by atoms with Crippen LogP contribution in [0.2, 0.25) is 0 Å². The SMILES string of the molecule is COc1cc(C#N)ccc1S(=O)(=O)NCCNC1CCCCCC1.Cl. The van der Waals surface area contributed by atoms with Crippen molar-refractivity contribution in [2.45, 2.75) is 49.5 Å². The van der Waals surface area contributed by atoms with E-state index in [0.29, 0.717) is 24.7 Å². The zero-order valence-corrected chi connectivity index (χ0v) is 16.1. The minimum Gasteiger partial charge on any atom is -0.495 e. The Labute approximate surface area is 156 Å². The van der Waals surface area contributed by atoms with Gasteiger partial charge in [-0.1, -0.05) is 25.7 Å². The highest BCUT2D eigenvalue weighted by molar-refractivity contribution is 7.89. The molecule has 2 N–H and O–H groups in total. The zero-order valence-electron chi connectivity index (χ0n) is 14.5. The van der Waals surface area contributed by atoms with Crippen molar-refractivity contribution < 1.29 is 13.2 Å². The standard InChI is InChI=1S/C17H25N3O3S.ClH/c1-23-16-12-14(13-18)8-9-17(16)24(21,22)20-11-10-19-15-6-4-2-3-5-7-15;/h8-9,12,15,19-20H,2-7,10-11H2,1H3;1H. The van der Waals surface area contributed by atoms with Crippen LogP contribution < -0.4 is 14.8 Å². The predicted octanol–water partition coefficient (Wildman–Crippen LogP) is 2.58. The number of halogens is 1. The summed E-state index contributed by atoms with van der Waals surface area (Å²) in [5.41, 5.74) is 0.362. The van der Waals surface area contributed by atoms with Gasteiger partial charge >= 0.3 is 0 Å². The Balaban J connectivity index is 0.00000312. The number of sulfonamides is 1. The molecule has 1 aromatic carbocycles. The van der Waals surface area contributed by atoms with Crippen LogP contribution in [-0.4, -0.2) is 34.7 Å². The lowest BCUT2D eigenvalue weighted by Crippen LogP contribution is -2.36. The Hall–Kier alpha value is -1.33. The molecule has 0 spiro atoms. The molecule has 0 amide bonds. The van der Waals surface area contributed by atoms with Gasteiger partial charge < -0.3 is 10.1 Å². The highest BCUT2D eigenvalue weighted by Gasteiger charge is 2.19. The number of benzene rings is 1. The number of nitrogens with zero attached hydrogens (tertiary/aromatic N) is 1. The van der Waals surface area contributed by atoms with Crippen molar-refractivity contribution >= 4 is 22.4 Å². The fraction of sp³-hybridized carbons (Fsp3) is 0.588. The van der Waals surface area contributed by atoms with Gasteiger partial charge in [0.1, 0.15) is 10.6 Å². The zero-order chi connectivity index (χ0) is 17.4. The molecular weight excluding hydrogens is 362 g/mol. The van der Waals surface area contributed by atoms with Gasteiger partial charge in [0.05, 0.1) is 18.7 Å². The first kappa shape index (κ1) is 21.7. The van der Waals surface area contributed by atoms with Crippen LogP contribution in [0.3, 0.4) is 0 Å². The topological polar surface area (TPSA) is 91.2 Å². The average molecular weight is 388 g/mol. The summed E-state index contributed by atoms with van der Waals surface area (Å²) in [5.74, 6) is 0.179. The maximum atomic E-state index is 12.4. The van der Waals surface area contributed by atoms with Crippen LogP contribution in [0.4, 0.5) is 0 Å². The van der Waals surface area contributed by atoms with Gasteiger partial charge in [-0.05, 0) is 31.0 Å². The molecule has 8 heteroatoms. The van der Waals surface area contributed by atoms with Crippen LogP contribution in [0.15, 0.2) is 23.1 Å². The second kappa shape index (κ2) is 10.6. The number of hydrogen-bond acceptors (Lipinski definition) is 5. The predicted molar refractivity (Wildman–Crippen MR) is 99.6 cm³/mol. The molecule has 1 aromatic rings. The lowest BCUT2D eigenvalue weighted by Gasteiger charge is -2.16. The molecule has 1 aliphatic rings. The third kappa shape index (κ3) is 6.48. The van der Waals surface area contributed by atoms with Crippen LogP contribution >= 0.6 is 12.4 Å². The van der Waals surface area contributed by atoms with E-state index in [9.17, 15) is 8.42 Å². The normalized spacial score (nSPS) is 15.7. The largest absolute Gasteiger partial charge is 0.495 e. The van der Waals surface area contributed by atoms with Crippen LogP contribution in [0.1, 0.15) is 44.1 Å². The minimum atomic E-state index is -3.66. The van der Waals surface area contributed by atoms with Crippen molar-refractivity contribution in [3.8, 4) is 11.8 Å². The van der Waals surface area contributed by atoms with Crippen LogP contribution in [0.5, 0.6) is 5.75 Å². The maximum absolute atomic E-state index is 12.4. The minimum absolute atomic E-state index is 0. The molecule has 0 unspecified atom stereocenters. The fourth-order valence-electron chi connectivity index (χ4n) is 2.98. The number of nitrogens with one attached hydrogen (secondary N) is 2. The molecule has 0 heterocycles. The van der Waals surface area contributed by atoms with Gasteiger partial charge in [-0.3, -0.25) is 0 Å². The molecule has 1 saturated carbocycles. The molecule has 0 aliphatic heterocycles. The molecular formula is C17H26ClN3O3S. The summed E-state index contributed by atoms with van der Waals surface area (Å²) in [5, 5.41) is 12.3. The number of rotatable bonds is 7.